The van der Waals surface area contributed by atoms with Gasteiger partial charge in [-0.05, 0) is 30.9 Å². The van der Waals surface area contributed by atoms with Gasteiger partial charge in [0.1, 0.15) is 11.4 Å². The minimum atomic E-state index is -3.92. The predicted molar refractivity (Wildman–Crippen MR) is 84.2 cm³/mol. The maximum Gasteiger partial charge on any atom is 0.269 e. The van der Waals surface area contributed by atoms with Gasteiger partial charge in [-0.25, -0.2) is 12.7 Å². The summed E-state index contributed by atoms with van der Waals surface area (Å²) in [6.45, 7) is 1.62. The number of nitrogens with zero attached hydrogens (tertiary/aromatic N) is 1. The van der Waals surface area contributed by atoms with E-state index < -0.39 is 28.4 Å². The Bertz CT molecular complexity index is 744. The summed E-state index contributed by atoms with van der Waals surface area (Å²) in [6, 6.07) is 6.09. The highest BCUT2D eigenvalue weighted by molar-refractivity contribution is 7.90. The van der Waals surface area contributed by atoms with E-state index >= 15 is 0 Å². The second kappa shape index (κ2) is 5.96. The molecular weight excluding hydrogens is 316 g/mol. The number of amides is 2. The third-order valence-electron chi connectivity index (χ3n) is 4.66. The molecule has 0 saturated heterocycles. The van der Waals surface area contributed by atoms with Crippen LogP contribution in [0.5, 0.6) is 0 Å². The Morgan fingerprint density at radius 1 is 1.26 bits per heavy atom. The maximum atomic E-state index is 12.4. The van der Waals surface area contributed by atoms with Crippen LogP contribution in [0.3, 0.4) is 0 Å². The van der Waals surface area contributed by atoms with Crippen molar-refractivity contribution < 1.29 is 18.0 Å². The van der Waals surface area contributed by atoms with E-state index in [4.69, 9.17) is 0 Å². The predicted octanol–water partition coefficient (Wildman–Crippen LogP) is 1.53. The van der Waals surface area contributed by atoms with Crippen LogP contribution >= 0.6 is 0 Å². The molecule has 1 saturated carbocycles. The maximum absolute atomic E-state index is 12.4. The Labute approximate surface area is 135 Å². The number of nitrogens with one attached hydrogen (secondary N) is 1. The van der Waals surface area contributed by atoms with Crippen molar-refractivity contribution in [3.8, 4) is 0 Å². The van der Waals surface area contributed by atoms with Crippen molar-refractivity contribution in [1.82, 2.24) is 9.62 Å². The number of hydrogen-bond donors (Lipinski definition) is 1. The first-order valence-corrected chi connectivity index (χ1v) is 9.30. The molecule has 1 aromatic carbocycles. The Hall–Kier alpha value is -1.89. The van der Waals surface area contributed by atoms with Crippen LogP contribution in [0.1, 0.15) is 43.0 Å². The number of carbonyl (C=O) groups excluding carboxylic acids is 2. The first-order valence-electron chi connectivity index (χ1n) is 7.86. The molecule has 1 aromatic rings. The summed E-state index contributed by atoms with van der Waals surface area (Å²) in [4.78, 5) is 24.5. The van der Waals surface area contributed by atoms with Gasteiger partial charge in [-0.2, -0.15) is 0 Å². The van der Waals surface area contributed by atoms with E-state index in [1.165, 1.54) is 12.1 Å². The molecule has 6 nitrogen and oxygen atoms in total. The van der Waals surface area contributed by atoms with Gasteiger partial charge in [-0.1, -0.05) is 31.9 Å². The Morgan fingerprint density at radius 2 is 1.96 bits per heavy atom. The first kappa shape index (κ1) is 16.0. The minimum absolute atomic E-state index is 0.0242. The molecule has 1 N–H and O–H groups in total. The fourth-order valence-corrected chi connectivity index (χ4v) is 4.83. The van der Waals surface area contributed by atoms with E-state index in [1.807, 2.05) is 0 Å². The van der Waals surface area contributed by atoms with Crippen molar-refractivity contribution in [2.45, 2.75) is 43.5 Å². The highest BCUT2D eigenvalue weighted by atomic mass is 32.2. The van der Waals surface area contributed by atoms with E-state index in [0.29, 0.717) is 10.2 Å². The van der Waals surface area contributed by atoms with Gasteiger partial charge in [0.15, 0.2) is 0 Å². The number of rotatable bonds is 3. The summed E-state index contributed by atoms with van der Waals surface area (Å²) >= 11 is 0. The van der Waals surface area contributed by atoms with Crippen LogP contribution in [0.25, 0.3) is 0 Å². The van der Waals surface area contributed by atoms with Gasteiger partial charge < -0.3 is 5.32 Å². The van der Waals surface area contributed by atoms with Crippen molar-refractivity contribution in [3.63, 3.8) is 0 Å². The molecule has 2 amide bonds. The summed E-state index contributed by atoms with van der Waals surface area (Å²) in [5, 5.41) is 2.88. The number of hydrogen-bond acceptors (Lipinski definition) is 4. The lowest BCUT2D eigenvalue weighted by Gasteiger charge is -2.30. The zero-order valence-corrected chi connectivity index (χ0v) is 13.8. The summed E-state index contributed by atoms with van der Waals surface area (Å²) in [7, 11) is -3.92. The van der Waals surface area contributed by atoms with Crippen molar-refractivity contribution >= 4 is 21.8 Å². The molecule has 23 heavy (non-hydrogen) atoms. The molecule has 7 heteroatoms. The number of carbonyl (C=O) groups is 2. The summed E-state index contributed by atoms with van der Waals surface area (Å²) < 4.78 is 25.5. The third kappa shape index (κ3) is 2.85. The van der Waals surface area contributed by atoms with Crippen LogP contribution in [0.4, 0.5) is 0 Å². The fraction of sp³-hybridized carbons (Fsp3) is 0.500. The molecule has 0 spiro atoms. The Balaban J connectivity index is 1.73. The first-order chi connectivity index (χ1) is 10.9. The lowest BCUT2D eigenvalue weighted by atomic mass is 9.86. The molecule has 3 rings (SSSR count). The van der Waals surface area contributed by atoms with Crippen LogP contribution < -0.4 is 5.32 Å². The largest absolute Gasteiger partial charge is 0.352 e. The van der Waals surface area contributed by atoms with E-state index in [2.05, 4.69) is 12.2 Å². The smallest absolute Gasteiger partial charge is 0.269 e. The van der Waals surface area contributed by atoms with Gasteiger partial charge in [0.2, 0.25) is 5.91 Å². The molecule has 1 fully saturated rings. The average Bonchev–Trinajstić information content (AvgIpc) is 2.71. The summed E-state index contributed by atoms with van der Waals surface area (Å²) in [6.07, 6.45) is 4.16. The SMILES string of the molecule is C[C@@H]1CCCC[C@@H]1NC(=O)CN1C(=O)c2ccccc2S1(=O)=O. The summed E-state index contributed by atoms with van der Waals surface area (Å²) in [5.74, 6) is -0.684. The van der Waals surface area contributed by atoms with Gasteiger partial charge in [0.05, 0.1) is 5.56 Å². The van der Waals surface area contributed by atoms with E-state index in [9.17, 15) is 18.0 Å². The third-order valence-corrected chi connectivity index (χ3v) is 6.44. The molecule has 2 atom stereocenters. The second-order valence-corrected chi connectivity index (χ2v) is 8.08. The van der Waals surface area contributed by atoms with Crippen molar-refractivity contribution in [1.29, 1.82) is 0 Å². The highest BCUT2D eigenvalue weighted by Gasteiger charge is 2.42. The van der Waals surface area contributed by atoms with Crippen LogP contribution in [-0.2, 0) is 14.8 Å². The highest BCUT2D eigenvalue weighted by Crippen LogP contribution is 2.29. The zero-order valence-electron chi connectivity index (χ0n) is 13.0. The lowest BCUT2D eigenvalue weighted by Crippen LogP contribution is -2.46. The molecule has 0 aromatic heterocycles. The van der Waals surface area contributed by atoms with Crippen molar-refractivity contribution in [2.75, 3.05) is 6.54 Å². The van der Waals surface area contributed by atoms with Gasteiger partial charge in [-0.3, -0.25) is 9.59 Å². The molecule has 1 heterocycles. The average molecular weight is 336 g/mol. The lowest BCUT2D eigenvalue weighted by molar-refractivity contribution is -0.122. The molecule has 124 valence electrons. The second-order valence-electron chi connectivity index (χ2n) is 6.25. The van der Waals surface area contributed by atoms with Crippen LogP contribution in [-0.4, -0.2) is 37.1 Å². The Morgan fingerprint density at radius 3 is 2.65 bits per heavy atom. The van der Waals surface area contributed by atoms with Crippen LogP contribution in [0.2, 0.25) is 0 Å². The molecular formula is C16H20N2O4S. The Kier molecular flexibility index (Phi) is 4.14. The number of benzene rings is 1. The standard InChI is InChI=1S/C16H20N2O4S/c1-11-6-2-4-8-13(11)17-15(19)10-18-16(20)12-7-3-5-9-14(12)23(18,21)22/h3,5,7,9,11,13H,2,4,6,8,10H2,1H3,(H,17,19)/t11-,13+/m1/s1. The quantitative estimate of drug-likeness (QED) is 0.907. The number of fused-ring (bicyclic) bond motifs is 1. The number of sulfonamides is 1. The van der Waals surface area contributed by atoms with Gasteiger partial charge in [0, 0.05) is 6.04 Å². The van der Waals surface area contributed by atoms with E-state index in [0.717, 1.165) is 25.7 Å². The van der Waals surface area contributed by atoms with Crippen LogP contribution in [0.15, 0.2) is 29.2 Å². The topological polar surface area (TPSA) is 83.6 Å². The van der Waals surface area contributed by atoms with E-state index in [-0.39, 0.29) is 16.5 Å². The van der Waals surface area contributed by atoms with Gasteiger partial charge in [0.25, 0.3) is 15.9 Å². The van der Waals surface area contributed by atoms with Gasteiger partial charge >= 0.3 is 0 Å². The monoisotopic (exact) mass is 336 g/mol. The summed E-state index contributed by atoms with van der Waals surface area (Å²) in [5.41, 5.74) is 0.131. The minimum Gasteiger partial charge on any atom is -0.352 e. The molecule has 0 bridgehead atoms. The van der Waals surface area contributed by atoms with Crippen LogP contribution in [0, 0.1) is 5.92 Å². The molecule has 2 aliphatic rings. The van der Waals surface area contributed by atoms with E-state index in [1.54, 1.807) is 12.1 Å². The molecule has 0 unspecified atom stereocenters. The molecule has 1 aliphatic carbocycles. The molecule has 1 aliphatic heterocycles. The normalized spacial score (nSPS) is 26.0. The van der Waals surface area contributed by atoms with Crippen molar-refractivity contribution in [3.05, 3.63) is 29.8 Å². The van der Waals surface area contributed by atoms with Crippen molar-refractivity contribution in [2.24, 2.45) is 5.92 Å². The zero-order chi connectivity index (χ0) is 16.6. The fourth-order valence-electron chi connectivity index (χ4n) is 3.30. The van der Waals surface area contributed by atoms with Gasteiger partial charge in [-0.15, -0.1) is 0 Å². The molecule has 0 radical (unpaired) electrons.